The third-order valence-corrected chi connectivity index (χ3v) is 1.34. The highest BCUT2D eigenvalue weighted by atomic mass is 16.5. The Morgan fingerprint density at radius 3 is 2.67 bits per heavy atom. The van der Waals surface area contributed by atoms with Crippen molar-refractivity contribution in [3.05, 3.63) is 18.0 Å². The van der Waals surface area contributed by atoms with Gasteiger partial charge in [0.05, 0.1) is 0 Å². The van der Waals surface area contributed by atoms with Crippen LogP contribution in [0.5, 0.6) is 6.01 Å². The molecule has 4 nitrogen and oxygen atoms in total. The summed E-state index contributed by atoms with van der Waals surface area (Å²) in [7, 11) is 1.87. The molecule has 0 atom stereocenters. The summed E-state index contributed by atoms with van der Waals surface area (Å²) in [6.45, 7) is 3.34. The Bertz CT molecular complexity index is 222. The molecule has 66 valence electrons. The molecule has 0 radical (unpaired) electrons. The van der Waals surface area contributed by atoms with Crippen LogP contribution in [0.15, 0.2) is 12.4 Å². The van der Waals surface area contributed by atoms with Crippen LogP contribution >= 0.6 is 0 Å². The molecule has 0 fully saturated rings. The van der Waals surface area contributed by atoms with Crippen LogP contribution in [0.1, 0.15) is 5.56 Å². The van der Waals surface area contributed by atoms with Gasteiger partial charge in [-0.3, -0.25) is 0 Å². The minimum Gasteiger partial charge on any atom is -0.462 e. The number of nitrogens with one attached hydrogen (secondary N) is 1. The Labute approximate surface area is 72.0 Å². The van der Waals surface area contributed by atoms with Gasteiger partial charge in [-0.2, -0.15) is 0 Å². The van der Waals surface area contributed by atoms with Gasteiger partial charge >= 0.3 is 6.01 Å². The monoisotopic (exact) mass is 167 g/mol. The van der Waals surface area contributed by atoms with Crippen LogP contribution in [0.2, 0.25) is 0 Å². The molecule has 0 amide bonds. The maximum Gasteiger partial charge on any atom is 0.316 e. The van der Waals surface area contributed by atoms with Crippen LogP contribution in [0, 0.1) is 6.92 Å². The fourth-order valence-corrected chi connectivity index (χ4v) is 0.700. The Hall–Kier alpha value is -1.16. The van der Waals surface area contributed by atoms with Gasteiger partial charge in [0.2, 0.25) is 0 Å². The highest BCUT2D eigenvalue weighted by molar-refractivity contribution is 5.04. The van der Waals surface area contributed by atoms with E-state index in [1.807, 2.05) is 14.0 Å². The summed E-state index contributed by atoms with van der Waals surface area (Å²) in [6.07, 6.45) is 3.48. The van der Waals surface area contributed by atoms with Crippen LogP contribution in [0.4, 0.5) is 0 Å². The van der Waals surface area contributed by atoms with Crippen LogP contribution < -0.4 is 10.1 Å². The molecule has 0 aliphatic carbocycles. The van der Waals surface area contributed by atoms with Crippen molar-refractivity contribution in [2.24, 2.45) is 0 Å². The standard InChI is InChI=1S/C8H13N3O/c1-7-5-10-8(11-6-7)12-4-3-9-2/h5-6,9H,3-4H2,1-2H3. The zero-order chi connectivity index (χ0) is 8.81. The number of hydrogen-bond acceptors (Lipinski definition) is 4. The van der Waals surface area contributed by atoms with Crippen LogP contribution in [-0.2, 0) is 0 Å². The number of hydrogen-bond donors (Lipinski definition) is 1. The molecule has 1 aromatic heterocycles. The quantitative estimate of drug-likeness (QED) is 0.659. The van der Waals surface area contributed by atoms with E-state index in [0.29, 0.717) is 12.6 Å². The molecule has 1 aromatic rings. The molecule has 1 rings (SSSR count). The van der Waals surface area contributed by atoms with E-state index in [-0.39, 0.29) is 0 Å². The summed E-state index contributed by atoms with van der Waals surface area (Å²) < 4.78 is 5.22. The largest absolute Gasteiger partial charge is 0.462 e. The van der Waals surface area contributed by atoms with Crippen molar-refractivity contribution < 1.29 is 4.74 Å². The Morgan fingerprint density at radius 2 is 2.08 bits per heavy atom. The lowest BCUT2D eigenvalue weighted by atomic mass is 10.4. The predicted molar refractivity (Wildman–Crippen MR) is 46.2 cm³/mol. The van der Waals surface area contributed by atoms with Crippen LogP contribution in [0.25, 0.3) is 0 Å². The summed E-state index contributed by atoms with van der Waals surface area (Å²) in [5.74, 6) is 0. The molecule has 0 saturated heterocycles. The van der Waals surface area contributed by atoms with Gasteiger partial charge in [0, 0.05) is 18.9 Å². The Morgan fingerprint density at radius 1 is 1.42 bits per heavy atom. The molecule has 4 heteroatoms. The lowest BCUT2D eigenvalue weighted by molar-refractivity contribution is 0.293. The van der Waals surface area contributed by atoms with E-state index in [4.69, 9.17) is 4.74 Å². The van der Waals surface area contributed by atoms with E-state index >= 15 is 0 Å². The van der Waals surface area contributed by atoms with Gasteiger partial charge in [-0.1, -0.05) is 0 Å². The van der Waals surface area contributed by atoms with Crippen LogP contribution in [0.3, 0.4) is 0 Å². The van der Waals surface area contributed by atoms with Crippen molar-refractivity contribution in [3.8, 4) is 6.01 Å². The summed E-state index contributed by atoms with van der Waals surface area (Å²) >= 11 is 0. The number of nitrogens with zero attached hydrogens (tertiary/aromatic N) is 2. The molecule has 0 aliphatic heterocycles. The van der Waals surface area contributed by atoms with E-state index in [2.05, 4.69) is 15.3 Å². The van der Waals surface area contributed by atoms with Gasteiger partial charge < -0.3 is 10.1 Å². The van der Waals surface area contributed by atoms with E-state index in [1.165, 1.54) is 0 Å². The number of ether oxygens (including phenoxy) is 1. The predicted octanol–water partition coefficient (Wildman–Crippen LogP) is 0.383. The second kappa shape index (κ2) is 4.66. The van der Waals surface area contributed by atoms with E-state index in [1.54, 1.807) is 12.4 Å². The topological polar surface area (TPSA) is 47.0 Å². The first-order valence-electron chi connectivity index (χ1n) is 3.89. The SMILES string of the molecule is CNCCOc1ncc(C)cn1. The third-order valence-electron chi connectivity index (χ3n) is 1.34. The lowest BCUT2D eigenvalue weighted by Gasteiger charge is -2.02. The zero-order valence-corrected chi connectivity index (χ0v) is 7.37. The fourth-order valence-electron chi connectivity index (χ4n) is 0.700. The lowest BCUT2D eigenvalue weighted by Crippen LogP contribution is -2.16. The van der Waals surface area contributed by atoms with Gasteiger partial charge in [-0.05, 0) is 19.5 Å². The summed E-state index contributed by atoms with van der Waals surface area (Å²) in [5, 5.41) is 2.97. The van der Waals surface area contributed by atoms with Crippen molar-refractivity contribution in [3.63, 3.8) is 0 Å². The summed E-state index contributed by atoms with van der Waals surface area (Å²) in [4.78, 5) is 7.98. The minimum atomic E-state index is 0.441. The van der Waals surface area contributed by atoms with E-state index in [0.717, 1.165) is 12.1 Å². The van der Waals surface area contributed by atoms with Gasteiger partial charge in [0.1, 0.15) is 6.61 Å². The molecule has 0 saturated carbocycles. The van der Waals surface area contributed by atoms with Crippen molar-refractivity contribution in [1.82, 2.24) is 15.3 Å². The zero-order valence-electron chi connectivity index (χ0n) is 7.37. The fraction of sp³-hybridized carbons (Fsp3) is 0.500. The number of aromatic nitrogens is 2. The van der Waals surface area contributed by atoms with Crippen molar-refractivity contribution in [1.29, 1.82) is 0 Å². The van der Waals surface area contributed by atoms with Crippen LogP contribution in [-0.4, -0.2) is 30.2 Å². The molecular formula is C8H13N3O. The average molecular weight is 167 g/mol. The van der Waals surface area contributed by atoms with Gasteiger partial charge in [0.15, 0.2) is 0 Å². The normalized spacial score (nSPS) is 9.83. The summed E-state index contributed by atoms with van der Waals surface area (Å²) in [5.41, 5.74) is 1.04. The van der Waals surface area contributed by atoms with Gasteiger partial charge in [0.25, 0.3) is 0 Å². The maximum atomic E-state index is 5.22. The molecule has 1 N–H and O–H groups in total. The molecular weight excluding hydrogens is 154 g/mol. The first-order chi connectivity index (χ1) is 5.83. The van der Waals surface area contributed by atoms with Gasteiger partial charge in [-0.15, -0.1) is 0 Å². The molecule has 0 bridgehead atoms. The number of aryl methyl sites for hydroxylation is 1. The van der Waals surface area contributed by atoms with Gasteiger partial charge in [-0.25, -0.2) is 9.97 Å². The maximum absolute atomic E-state index is 5.22. The molecule has 0 spiro atoms. The van der Waals surface area contributed by atoms with E-state index < -0.39 is 0 Å². The summed E-state index contributed by atoms with van der Waals surface area (Å²) in [6, 6.07) is 0.441. The second-order valence-electron chi connectivity index (χ2n) is 2.50. The third kappa shape index (κ3) is 2.84. The second-order valence-corrected chi connectivity index (χ2v) is 2.50. The number of likely N-dealkylation sites (N-methyl/N-ethyl adjacent to an activating group) is 1. The van der Waals surface area contributed by atoms with Crippen molar-refractivity contribution in [2.45, 2.75) is 6.92 Å². The first kappa shape index (κ1) is 8.93. The molecule has 0 aliphatic rings. The number of rotatable bonds is 4. The van der Waals surface area contributed by atoms with Crippen molar-refractivity contribution in [2.75, 3.05) is 20.2 Å². The van der Waals surface area contributed by atoms with Crippen molar-refractivity contribution >= 4 is 0 Å². The molecule has 0 aromatic carbocycles. The smallest absolute Gasteiger partial charge is 0.316 e. The minimum absolute atomic E-state index is 0.441. The Balaban J connectivity index is 2.37. The molecule has 12 heavy (non-hydrogen) atoms. The van der Waals surface area contributed by atoms with E-state index in [9.17, 15) is 0 Å². The molecule has 1 heterocycles. The average Bonchev–Trinajstić information content (AvgIpc) is 2.09. The highest BCUT2D eigenvalue weighted by Crippen LogP contribution is 1.99. The Kier molecular flexibility index (Phi) is 3.47. The molecule has 0 unspecified atom stereocenters. The highest BCUT2D eigenvalue weighted by Gasteiger charge is 1.94. The first-order valence-corrected chi connectivity index (χ1v) is 3.89.